The molecule has 1 aromatic rings. The maximum Gasteiger partial charge on any atom is 0.410 e. The Kier molecular flexibility index (Phi) is 5.60. The molecule has 1 saturated heterocycles. The molecule has 1 aromatic carbocycles. The largest absolute Gasteiger partial charge is 0.445 e. The number of hydrogen-bond donors (Lipinski definition) is 0. The fourth-order valence-corrected chi connectivity index (χ4v) is 2.74. The minimum atomic E-state index is -0.351. The smallest absolute Gasteiger partial charge is 0.410 e. The highest BCUT2D eigenvalue weighted by Gasteiger charge is 2.26. The van der Waals surface area contributed by atoms with Crippen LogP contribution in [0.1, 0.15) is 10.4 Å². The zero-order valence-electron chi connectivity index (χ0n) is 11.6. The molecule has 5 nitrogen and oxygen atoms in total. The molecule has 1 heterocycles. The molecule has 0 radical (unpaired) electrons. The van der Waals surface area contributed by atoms with Crippen LogP contribution in [0.25, 0.3) is 0 Å². The average Bonchev–Trinajstić information content (AvgIpc) is 2.52. The molecular formula is C15H17IN2O3. The molecule has 0 atom stereocenters. The molecule has 1 aliphatic rings. The number of ether oxygens (including phenoxy) is 1. The molecule has 1 aliphatic heterocycles. The quantitative estimate of drug-likeness (QED) is 0.579. The van der Waals surface area contributed by atoms with Crippen molar-refractivity contribution in [2.75, 3.05) is 32.8 Å². The van der Waals surface area contributed by atoms with Crippen molar-refractivity contribution in [2.45, 2.75) is 0 Å². The second-order valence-electron chi connectivity index (χ2n) is 4.62. The molecule has 0 bridgehead atoms. The second-order valence-corrected chi connectivity index (χ2v) is 5.79. The predicted molar refractivity (Wildman–Crippen MR) is 88.2 cm³/mol. The van der Waals surface area contributed by atoms with Crippen LogP contribution < -0.4 is 0 Å². The van der Waals surface area contributed by atoms with Crippen LogP contribution in [0.3, 0.4) is 0 Å². The molecule has 2 amide bonds. The molecular weight excluding hydrogens is 383 g/mol. The van der Waals surface area contributed by atoms with Gasteiger partial charge in [-0.2, -0.15) is 0 Å². The summed E-state index contributed by atoms with van der Waals surface area (Å²) >= 11 is 2.16. The van der Waals surface area contributed by atoms with E-state index >= 15 is 0 Å². The van der Waals surface area contributed by atoms with E-state index in [0.29, 0.717) is 31.7 Å². The summed E-state index contributed by atoms with van der Waals surface area (Å²) < 4.78 is 5.93. The van der Waals surface area contributed by atoms with E-state index in [0.717, 1.165) is 3.57 Å². The molecule has 0 N–H and O–H groups in total. The van der Waals surface area contributed by atoms with Gasteiger partial charge in [-0.1, -0.05) is 24.8 Å². The summed E-state index contributed by atoms with van der Waals surface area (Å²) in [5, 5.41) is 0. The third-order valence-electron chi connectivity index (χ3n) is 3.25. The van der Waals surface area contributed by atoms with E-state index in [1.54, 1.807) is 9.80 Å². The third kappa shape index (κ3) is 3.96. The number of carbonyl (C=O) groups excluding carboxylic acids is 2. The number of hydrogen-bond acceptors (Lipinski definition) is 3. The van der Waals surface area contributed by atoms with E-state index < -0.39 is 0 Å². The normalized spacial score (nSPS) is 14.7. The van der Waals surface area contributed by atoms with Crippen molar-refractivity contribution in [1.29, 1.82) is 0 Å². The Morgan fingerprint density at radius 3 is 2.43 bits per heavy atom. The fourth-order valence-electron chi connectivity index (χ4n) is 2.12. The zero-order valence-corrected chi connectivity index (χ0v) is 13.8. The highest BCUT2D eigenvalue weighted by molar-refractivity contribution is 14.1. The zero-order chi connectivity index (χ0) is 15.2. The van der Waals surface area contributed by atoms with Gasteiger partial charge in [-0.3, -0.25) is 4.79 Å². The van der Waals surface area contributed by atoms with Crippen LogP contribution in [-0.2, 0) is 4.74 Å². The lowest BCUT2D eigenvalue weighted by Gasteiger charge is -2.34. The Bertz CT molecular complexity index is 539. The van der Waals surface area contributed by atoms with E-state index in [9.17, 15) is 9.59 Å². The first-order valence-corrected chi connectivity index (χ1v) is 7.77. The first kappa shape index (κ1) is 15.8. The average molecular weight is 400 g/mol. The lowest BCUT2D eigenvalue weighted by atomic mass is 10.2. The fraction of sp³-hybridized carbons (Fsp3) is 0.333. The van der Waals surface area contributed by atoms with Gasteiger partial charge in [-0.25, -0.2) is 4.79 Å². The monoisotopic (exact) mass is 400 g/mol. The van der Waals surface area contributed by atoms with Crippen molar-refractivity contribution in [3.63, 3.8) is 0 Å². The third-order valence-corrected chi connectivity index (χ3v) is 4.19. The highest BCUT2D eigenvalue weighted by atomic mass is 127. The Morgan fingerprint density at radius 1 is 1.19 bits per heavy atom. The first-order chi connectivity index (χ1) is 10.1. The molecule has 0 saturated carbocycles. The van der Waals surface area contributed by atoms with Gasteiger partial charge in [0, 0.05) is 29.7 Å². The van der Waals surface area contributed by atoms with Gasteiger partial charge in [0.05, 0.1) is 5.56 Å². The lowest BCUT2D eigenvalue weighted by Crippen LogP contribution is -2.50. The number of amides is 2. The molecule has 0 unspecified atom stereocenters. The van der Waals surface area contributed by atoms with Crippen LogP contribution in [0.5, 0.6) is 0 Å². The van der Waals surface area contributed by atoms with Crippen LogP contribution in [0.2, 0.25) is 0 Å². The minimum absolute atomic E-state index is 0.0131. The lowest BCUT2D eigenvalue weighted by molar-refractivity contribution is 0.0580. The van der Waals surface area contributed by atoms with E-state index in [2.05, 4.69) is 29.2 Å². The van der Waals surface area contributed by atoms with E-state index in [-0.39, 0.29) is 18.6 Å². The summed E-state index contributed by atoms with van der Waals surface area (Å²) in [6.45, 7) is 5.74. The van der Waals surface area contributed by atoms with Gasteiger partial charge in [0.1, 0.15) is 6.61 Å². The van der Waals surface area contributed by atoms with Gasteiger partial charge >= 0.3 is 6.09 Å². The van der Waals surface area contributed by atoms with Crippen LogP contribution in [0.15, 0.2) is 36.9 Å². The summed E-state index contributed by atoms with van der Waals surface area (Å²) in [5.41, 5.74) is 0.709. The van der Waals surface area contributed by atoms with Crippen molar-refractivity contribution in [3.05, 3.63) is 46.1 Å². The number of carbonyl (C=O) groups is 2. The number of nitrogens with zero attached hydrogens (tertiary/aromatic N) is 2. The predicted octanol–water partition coefficient (Wildman–Crippen LogP) is 2.37. The summed E-state index contributed by atoms with van der Waals surface area (Å²) in [5.74, 6) is 0.0131. The second kappa shape index (κ2) is 7.44. The standard InChI is InChI=1S/C15H17IN2O3/c1-2-11-21-15(20)18-9-7-17(8-10-18)14(19)12-5-3-4-6-13(12)16/h2-6H,1,7-11H2. The molecule has 1 fully saturated rings. The number of piperazine rings is 1. The van der Waals surface area contributed by atoms with E-state index in [1.165, 1.54) is 6.08 Å². The van der Waals surface area contributed by atoms with Gasteiger partial charge in [0.2, 0.25) is 0 Å². The summed E-state index contributed by atoms with van der Waals surface area (Å²) in [6.07, 6.45) is 1.19. The van der Waals surface area contributed by atoms with Crippen molar-refractivity contribution in [3.8, 4) is 0 Å². The SMILES string of the molecule is C=CCOC(=O)N1CCN(C(=O)c2ccccc2I)CC1. The highest BCUT2D eigenvalue weighted by Crippen LogP contribution is 2.15. The van der Waals surface area contributed by atoms with E-state index in [1.807, 2.05) is 24.3 Å². The van der Waals surface area contributed by atoms with Crippen LogP contribution in [-0.4, -0.2) is 54.6 Å². The number of rotatable bonds is 3. The van der Waals surface area contributed by atoms with Gasteiger partial charge in [-0.15, -0.1) is 0 Å². The van der Waals surface area contributed by atoms with Gasteiger partial charge < -0.3 is 14.5 Å². The molecule has 2 rings (SSSR count). The van der Waals surface area contributed by atoms with Crippen molar-refractivity contribution in [1.82, 2.24) is 9.80 Å². The number of benzene rings is 1. The summed E-state index contributed by atoms with van der Waals surface area (Å²) in [7, 11) is 0. The summed E-state index contributed by atoms with van der Waals surface area (Å²) in [4.78, 5) is 27.5. The Morgan fingerprint density at radius 2 is 1.81 bits per heavy atom. The minimum Gasteiger partial charge on any atom is -0.445 e. The molecule has 0 aromatic heterocycles. The Hall–Kier alpha value is -1.57. The summed E-state index contributed by atoms with van der Waals surface area (Å²) in [6, 6.07) is 7.51. The molecule has 6 heteroatoms. The maximum absolute atomic E-state index is 12.4. The van der Waals surface area contributed by atoms with Crippen LogP contribution >= 0.6 is 22.6 Å². The number of halogens is 1. The van der Waals surface area contributed by atoms with E-state index in [4.69, 9.17) is 4.74 Å². The Balaban J connectivity index is 1.92. The molecule has 0 aliphatic carbocycles. The molecule has 21 heavy (non-hydrogen) atoms. The van der Waals surface area contributed by atoms with Crippen molar-refractivity contribution >= 4 is 34.6 Å². The maximum atomic E-state index is 12.4. The molecule has 0 spiro atoms. The molecule has 112 valence electrons. The van der Waals surface area contributed by atoms with Crippen LogP contribution in [0.4, 0.5) is 4.79 Å². The Labute approximate surface area is 137 Å². The van der Waals surface area contributed by atoms with Gasteiger partial charge in [-0.05, 0) is 34.7 Å². The van der Waals surface area contributed by atoms with Crippen LogP contribution in [0, 0.1) is 3.57 Å². The van der Waals surface area contributed by atoms with Gasteiger partial charge in [0.15, 0.2) is 0 Å². The van der Waals surface area contributed by atoms with Gasteiger partial charge in [0.25, 0.3) is 5.91 Å². The topological polar surface area (TPSA) is 49.9 Å². The first-order valence-electron chi connectivity index (χ1n) is 6.70. The van der Waals surface area contributed by atoms with Crippen molar-refractivity contribution < 1.29 is 14.3 Å². The van der Waals surface area contributed by atoms with Crippen molar-refractivity contribution in [2.24, 2.45) is 0 Å².